The Morgan fingerprint density at radius 3 is 3.00 bits per heavy atom. The summed E-state index contributed by atoms with van der Waals surface area (Å²) in [6.07, 6.45) is 0. The first-order valence-electron chi connectivity index (χ1n) is 4.79. The summed E-state index contributed by atoms with van der Waals surface area (Å²) >= 11 is 1.29. The number of rotatable bonds is 3. The van der Waals surface area contributed by atoms with Crippen LogP contribution in [0.1, 0.15) is 5.69 Å². The van der Waals surface area contributed by atoms with Crippen LogP contribution in [-0.2, 0) is 9.53 Å². The van der Waals surface area contributed by atoms with Crippen LogP contribution < -0.4 is 10.7 Å². The molecule has 1 aromatic heterocycles. The lowest BCUT2D eigenvalue weighted by molar-refractivity contribution is -0.137. The van der Waals surface area contributed by atoms with Crippen LogP contribution >= 0.6 is 11.8 Å². The van der Waals surface area contributed by atoms with E-state index in [1.165, 1.54) is 18.9 Å². The van der Waals surface area contributed by atoms with Crippen molar-refractivity contribution in [3.63, 3.8) is 0 Å². The van der Waals surface area contributed by atoms with Crippen LogP contribution in [-0.4, -0.2) is 34.0 Å². The van der Waals surface area contributed by atoms with Gasteiger partial charge in [-0.2, -0.15) is 9.99 Å². The molecule has 0 saturated heterocycles. The van der Waals surface area contributed by atoms with Gasteiger partial charge in [-0.3, -0.25) is 4.79 Å². The summed E-state index contributed by atoms with van der Waals surface area (Å²) in [4.78, 5) is 18.9. The fourth-order valence-corrected chi connectivity index (χ4v) is 1.89. The summed E-state index contributed by atoms with van der Waals surface area (Å²) in [7, 11) is 1.35. The monoisotopic (exact) mass is 253 g/mol. The number of methoxy groups -OCH3 is 1. The number of aryl methyl sites for hydroxylation is 1. The van der Waals surface area contributed by atoms with Gasteiger partial charge in [0.1, 0.15) is 0 Å². The Bertz CT molecular complexity index is 470. The second-order valence-corrected chi connectivity index (χ2v) is 4.23. The Hall–Kier alpha value is -1.83. The lowest BCUT2D eigenvalue weighted by Crippen LogP contribution is -2.09. The van der Waals surface area contributed by atoms with Crippen molar-refractivity contribution >= 4 is 34.7 Å². The smallest absolute Gasteiger partial charge is 0.316 e. The molecule has 0 spiro atoms. The van der Waals surface area contributed by atoms with E-state index in [1.54, 1.807) is 11.1 Å². The quantitative estimate of drug-likeness (QED) is 0.777. The first-order chi connectivity index (χ1) is 8.10. The molecule has 0 amide bonds. The average Bonchev–Trinajstić information content (AvgIpc) is 3.04. The van der Waals surface area contributed by atoms with Crippen molar-refractivity contribution in [2.75, 3.05) is 23.6 Å². The number of hydrogen-bond donors (Lipinski definition) is 1. The number of amidine groups is 1. The van der Waals surface area contributed by atoms with Gasteiger partial charge in [0.05, 0.1) is 12.9 Å². The number of carbonyl (C=O) groups excluding carboxylic acids is 1. The molecule has 1 aromatic rings. The van der Waals surface area contributed by atoms with Crippen LogP contribution in [0.3, 0.4) is 0 Å². The predicted octanol–water partition coefficient (Wildman–Crippen LogP) is 0.364. The molecular formula is C9H11N5O2S. The molecule has 0 saturated carbocycles. The standard InChI is InChI=1S/C9H11N5O2S/c1-5-3-6(12-8(10)11-5)14-9(13-14)17-4-7(15)16-2/h3H,4H2,1-2H3,(H2,10,11,12). The van der Waals surface area contributed by atoms with Gasteiger partial charge in [0.2, 0.25) is 11.1 Å². The maximum atomic E-state index is 10.9. The Labute approximate surface area is 102 Å². The molecule has 0 aromatic carbocycles. The van der Waals surface area contributed by atoms with E-state index >= 15 is 0 Å². The second-order valence-electron chi connectivity index (χ2n) is 3.28. The molecular weight excluding hydrogens is 242 g/mol. The van der Waals surface area contributed by atoms with E-state index in [2.05, 4.69) is 19.8 Å². The van der Waals surface area contributed by atoms with Gasteiger partial charge in [-0.25, -0.2) is 4.98 Å². The molecule has 2 heterocycles. The summed E-state index contributed by atoms with van der Waals surface area (Å²) in [6.45, 7) is 1.83. The van der Waals surface area contributed by atoms with E-state index in [-0.39, 0.29) is 17.7 Å². The van der Waals surface area contributed by atoms with Crippen molar-refractivity contribution in [1.29, 1.82) is 0 Å². The molecule has 2 rings (SSSR count). The SMILES string of the molecule is COC(=O)CSC1=NN1c1cc(C)nc(N)n1. The topological polar surface area (TPSA) is 93.5 Å². The van der Waals surface area contributed by atoms with E-state index < -0.39 is 0 Å². The molecule has 1 aliphatic heterocycles. The van der Waals surface area contributed by atoms with Crippen molar-refractivity contribution in [2.45, 2.75) is 6.92 Å². The lowest BCUT2D eigenvalue weighted by Gasteiger charge is -2.03. The zero-order valence-electron chi connectivity index (χ0n) is 9.38. The van der Waals surface area contributed by atoms with Crippen LogP contribution in [0.2, 0.25) is 0 Å². The van der Waals surface area contributed by atoms with Crippen LogP contribution in [0.25, 0.3) is 0 Å². The minimum absolute atomic E-state index is 0.208. The van der Waals surface area contributed by atoms with Crippen LogP contribution in [0.15, 0.2) is 11.2 Å². The molecule has 0 radical (unpaired) electrons. The van der Waals surface area contributed by atoms with Crippen molar-refractivity contribution in [3.05, 3.63) is 11.8 Å². The van der Waals surface area contributed by atoms with Crippen molar-refractivity contribution in [1.82, 2.24) is 9.97 Å². The molecule has 8 heteroatoms. The first kappa shape index (κ1) is 11.6. The number of nitrogen functional groups attached to an aromatic ring is 1. The maximum absolute atomic E-state index is 10.9. The number of carbonyl (C=O) groups is 1. The van der Waals surface area contributed by atoms with Gasteiger partial charge in [-0.15, -0.1) is 5.10 Å². The lowest BCUT2D eigenvalue weighted by atomic mass is 10.4. The number of hydrogen-bond acceptors (Lipinski definition) is 8. The van der Waals surface area contributed by atoms with Gasteiger partial charge in [0.25, 0.3) is 0 Å². The Morgan fingerprint density at radius 1 is 1.59 bits per heavy atom. The van der Waals surface area contributed by atoms with Crippen molar-refractivity contribution < 1.29 is 9.53 Å². The number of aromatic nitrogens is 2. The highest BCUT2D eigenvalue weighted by Crippen LogP contribution is 2.28. The third-order valence-electron chi connectivity index (χ3n) is 1.95. The largest absolute Gasteiger partial charge is 0.468 e. The highest BCUT2D eigenvalue weighted by Gasteiger charge is 2.29. The zero-order chi connectivity index (χ0) is 12.4. The van der Waals surface area contributed by atoms with Crippen molar-refractivity contribution in [2.24, 2.45) is 5.10 Å². The highest BCUT2D eigenvalue weighted by molar-refractivity contribution is 8.15. The van der Waals surface area contributed by atoms with E-state index in [4.69, 9.17) is 5.73 Å². The van der Waals surface area contributed by atoms with Crippen LogP contribution in [0.4, 0.5) is 11.8 Å². The molecule has 0 unspecified atom stereocenters. The van der Waals surface area contributed by atoms with Crippen LogP contribution in [0, 0.1) is 6.92 Å². The Balaban J connectivity index is 1.93. The molecule has 0 aliphatic carbocycles. The van der Waals surface area contributed by atoms with Gasteiger partial charge >= 0.3 is 5.97 Å². The van der Waals surface area contributed by atoms with Gasteiger partial charge in [0.15, 0.2) is 5.82 Å². The molecule has 0 atom stereocenters. The summed E-state index contributed by atoms with van der Waals surface area (Å²) in [5.74, 6) is 0.760. The number of thioether (sulfide) groups is 1. The number of anilines is 2. The zero-order valence-corrected chi connectivity index (χ0v) is 10.2. The predicted molar refractivity (Wildman–Crippen MR) is 65.6 cm³/mol. The normalized spacial score (nSPS) is 13.3. The van der Waals surface area contributed by atoms with Gasteiger partial charge in [-0.05, 0) is 6.92 Å². The van der Waals surface area contributed by atoms with Crippen molar-refractivity contribution in [3.8, 4) is 0 Å². The van der Waals surface area contributed by atoms with Gasteiger partial charge in [0, 0.05) is 11.8 Å². The second kappa shape index (κ2) is 4.58. The Kier molecular flexibility index (Phi) is 3.14. The third-order valence-corrected chi connectivity index (χ3v) is 2.84. The average molecular weight is 253 g/mol. The molecule has 0 fully saturated rings. The van der Waals surface area contributed by atoms with E-state index in [0.29, 0.717) is 11.0 Å². The van der Waals surface area contributed by atoms with Gasteiger partial charge in [-0.1, -0.05) is 11.8 Å². The fraction of sp³-hybridized carbons (Fsp3) is 0.333. The number of esters is 1. The number of nitrogens with zero attached hydrogens (tertiary/aromatic N) is 4. The molecule has 90 valence electrons. The van der Waals surface area contributed by atoms with Gasteiger partial charge < -0.3 is 10.5 Å². The summed E-state index contributed by atoms with van der Waals surface area (Å²) in [6, 6.07) is 1.77. The molecule has 0 bridgehead atoms. The number of nitrogens with two attached hydrogens (primary N) is 1. The first-order valence-corrected chi connectivity index (χ1v) is 5.78. The summed E-state index contributed by atoms with van der Waals surface area (Å²) in [5.41, 5.74) is 6.30. The summed E-state index contributed by atoms with van der Waals surface area (Å²) < 4.78 is 4.53. The minimum atomic E-state index is -0.289. The molecule has 2 N–H and O–H groups in total. The third kappa shape index (κ3) is 2.84. The maximum Gasteiger partial charge on any atom is 0.316 e. The van der Waals surface area contributed by atoms with E-state index in [9.17, 15) is 4.79 Å². The highest BCUT2D eigenvalue weighted by atomic mass is 32.2. The molecule has 17 heavy (non-hydrogen) atoms. The van der Waals surface area contributed by atoms with E-state index in [0.717, 1.165) is 5.69 Å². The molecule has 7 nitrogen and oxygen atoms in total. The summed E-state index contributed by atoms with van der Waals surface area (Å²) in [5, 5.41) is 6.40. The van der Waals surface area contributed by atoms with Crippen LogP contribution in [0.5, 0.6) is 0 Å². The van der Waals surface area contributed by atoms with E-state index in [1.807, 2.05) is 6.92 Å². The molecule has 1 aliphatic rings. The number of hydrazone groups is 1. The number of ether oxygens (including phenoxy) is 1. The Morgan fingerprint density at radius 2 is 2.35 bits per heavy atom. The fourth-order valence-electron chi connectivity index (χ4n) is 1.17. The minimum Gasteiger partial charge on any atom is -0.468 e.